The number of rotatable bonds is 9. The number of carbonyl (C=O) groups excluding carboxylic acids is 4. The number of allylic oxidation sites excluding steroid dienone is 1. The lowest BCUT2D eigenvalue weighted by atomic mass is 9.88. The molecule has 318 valence electrons. The molecule has 14 nitrogen and oxygen atoms in total. The van der Waals surface area contributed by atoms with E-state index in [1.807, 2.05) is 11.6 Å². The highest BCUT2D eigenvalue weighted by atomic mass is 32.2. The number of methoxy groups -OCH3 is 1. The van der Waals surface area contributed by atoms with Gasteiger partial charge in [0, 0.05) is 23.9 Å². The Morgan fingerprint density at radius 3 is 2.48 bits per heavy atom. The molecule has 4 amide bonds. The minimum absolute atomic E-state index is 0.0147. The third-order valence-electron chi connectivity index (χ3n) is 11.8. The molecule has 3 fully saturated rings. The molecule has 2 aromatic rings. The molecular formula is C39H49F4N5O9S. The first-order valence-corrected chi connectivity index (χ1v) is 20.7. The van der Waals surface area contributed by atoms with Gasteiger partial charge in [0.05, 0.1) is 13.7 Å². The van der Waals surface area contributed by atoms with Crippen LogP contribution in [0.1, 0.15) is 72.6 Å². The molecule has 2 aliphatic heterocycles. The van der Waals surface area contributed by atoms with Gasteiger partial charge in [-0.05, 0) is 93.9 Å². The summed E-state index contributed by atoms with van der Waals surface area (Å²) in [5, 5.41) is 6.38. The number of nitrogens with zero attached hydrogens (tertiary/aromatic N) is 2. The Kier molecular flexibility index (Phi) is 11.7. The fourth-order valence-electron chi connectivity index (χ4n) is 7.70. The van der Waals surface area contributed by atoms with Crippen LogP contribution in [0.5, 0.6) is 11.6 Å². The van der Waals surface area contributed by atoms with Crippen LogP contribution in [-0.4, -0.2) is 103 Å². The van der Waals surface area contributed by atoms with Gasteiger partial charge < -0.3 is 29.7 Å². The highest BCUT2D eigenvalue weighted by Crippen LogP contribution is 2.48. The zero-order chi connectivity index (χ0) is 42.4. The molecule has 1 aromatic heterocycles. The fraction of sp³-hybridized carbons (Fsp3) is 0.615. The molecule has 1 saturated heterocycles. The Morgan fingerprint density at radius 1 is 1.10 bits per heavy atom. The van der Waals surface area contributed by atoms with Crippen molar-refractivity contribution in [3.8, 4) is 11.6 Å². The largest absolute Gasteiger partial charge is 0.497 e. The molecular weight excluding hydrogens is 791 g/mol. The maximum absolute atomic E-state index is 14.7. The number of nitrogens with one attached hydrogen (secondary N) is 3. The summed E-state index contributed by atoms with van der Waals surface area (Å²) in [6, 6.07) is 4.09. The van der Waals surface area contributed by atoms with E-state index in [4.69, 9.17) is 14.2 Å². The van der Waals surface area contributed by atoms with Gasteiger partial charge in [-0.25, -0.2) is 22.6 Å². The number of ether oxygens (including phenoxy) is 3. The molecule has 1 aromatic carbocycles. The number of carbonyl (C=O) groups is 4. The Bertz CT molecular complexity index is 2080. The van der Waals surface area contributed by atoms with Crippen LogP contribution in [0, 0.1) is 17.8 Å². The van der Waals surface area contributed by atoms with E-state index in [-0.39, 0.29) is 44.0 Å². The summed E-state index contributed by atoms with van der Waals surface area (Å²) < 4.78 is 98.0. The second kappa shape index (κ2) is 15.8. The number of alkyl halides is 4. The molecule has 0 bridgehead atoms. The van der Waals surface area contributed by atoms with Gasteiger partial charge in [-0.15, -0.1) is 0 Å². The van der Waals surface area contributed by atoms with Gasteiger partial charge in [0.2, 0.25) is 33.3 Å². The van der Waals surface area contributed by atoms with Crippen molar-refractivity contribution in [3.63, 3.8) is 0 Å². The Balaban J connectivity index is 1.35. The summed E-state index contributed by atoms with van der Waals surface area (Å²) in [6.07, 6.45) is -0.967. The van der Waals surface area contributed by atoms with Crippen LogP contribution in [-0.2, 0) is 29.1 Å². The summed E-state index contributed by atoms with van der Waals surface area (Å²) in [5.41, 5.74) is -4.67. The first-order chi connectivity index (χ1) is 27.2. The molecule has 2 aliphatic carbocycles. The van der Waals surface area contributed by atoms with E-state index in [2.05, 4.69) is 15.6 Å². The summed E-state index contributed by atoms with van der Waals surface area (Å²) in [4.78, 5) is 61.7. The molecule has 3 N–H and O–H groups in total. The van der Waals surface area contributed by atoms with Gasteiger partial charge in [0.15, 0.2) is 0 Å². The number of sulfonamides is 1. The van der Waals surface area contributed by atoms with Gasteiger partial charge in [-0.3, -0.25) is 19.1 Å². The van der Waals surface area contributed by atoms with Crippen molar-refractivity contribution in [2.45, 2.75) is 113 Å². The number of halogens is 4. The van der Waals surface area contributed by atoms with Gasteiger partial charge in [-0.2, -0.15) is 13.2 Å². The van der Waals surface area contributed by atoms with Crippen LogP contribution in [0.15, 0.2) is 42.6 Å². The monoisotopic (exact) mass is 839 g/mol. The van der Waals surface area contributed by atoms with Gasteiger partial charge in [0.25, 0.3) is 5.91 Å². The number of hydrogen-bond donors (Lipinski definition) is 3. The molecule has 3 heterocycles. The summed E-state index contributed by atoms with van der Waals surface area (Å²) >= 11 is 0. The van der Waals surface area contributed by atoms with Crippen LogP contribution in [0.2, 0.25) is 0 Å². The molecule has 7 atom stereocenters. The van der Waals surface area contributed by atoms with Gasteiger partial charge >= 0.3 is 12.3 Å². The second-order valence-corrected chi connectivity index (χ2v) is 18.6. The second-order valence-electron chi connectivity index (χ2n) is 16.6. The maximum atomic E-state index is 14.7. The van der Waals surface area contributed by atoms with Crippen LogP contribution in [0.25, 0.3) is 10.8 Å². The Hall–Kier alpha value is -4.68. The zero-order valence-electron chi connectivity index (χ0n) is 32.9. The molecule has 6 rings (SSSR count). The average Bonchev–Trinajstić information content (AvgIpc) is 4.05. The Labute approximate surface area is 333 Å². The van der Waals surface area contributed by atoms with Crippen molar-refractivity contribution in [1.82, 2.24) is 25.2 Å². The third-order valence-corrected chi connectivity index (χ3v) is 13.9. The first kappa shape index (κ1) is 42.9. The van der Waals surface area contributed by atoms with Crippen LogP contribution >= 0.6 is 0 Å². The minimum Gasteiger partial charge on any atom is -0.497 e. The van der Waals surface area contributed by atoms with E-state index in [1.54, 1.807) is 43.3 Å². The number of aromatic nitrogens is 1. The van der Waals surface area contributed by atoms with Crippen molar-refractivity contribution >= 4 is 44.6 Å². The number of benzene rings is 1. The maximum Gasteiger partial charge on any atom is 0.427 e. The zero-order valence-corrected chi connectivity index (χ0v) is 33.7. The molecule has 2 saturated carbocycles. The molecule has 0 radical (unpaired) electrons. The topological polar surface area (TPSA) is 182 Å². The van der Waals surface area contributed by atoms with E-state index < -0.39 is 92.6 Å². The smallest absolute Gasteiger partial charge is 0.427 e. The molecule has 58 heavy (non-hydrogen) atoms. The number of fused-ring (bicyclic) bond motifs is 3. The van der Waals surface area contributed by atoms with E-state index >= 15 is 0 Å². The molecule has 7 unspecified atom stereocenters. The summed E-state index contributed by atoms with van der Waals surface area (Å²) in [6.45, 7) is 3.49. The van der Waals surface area contributed by atoms with Gasteiger partial charge in [-0.1, -0.05) is 26.0 Å². The van der Waals surface area contributed by atoms with Crippen molar-refractivity contribution in [2.24, 2.45) is 17.8 Å². The standard InChI is InChI=1S/C39H49F4N5O9S/c1-22-8-6-7-9-25-19-38(25,34(51)47-58(53,54)37(21-40)13-14-37)46-31(49)29-18-27(56-32-28-11-10-26(55-5)17-24(28)12-15-44-32)20-48(29)33(50)30(23(2)16-22)45-35(52)57-36(3,4)39(41,42)43/h7,9-12,15,17,22-23,25,27,29-30H,6,8,13-14,16,18-21H2,1-5H3,(H,45,52)(H,46,49)(H,47,51). The van der Waals surface area contributed by atoms with Crippen molar-refractivity contribution in [3.05, 3.63) is 42.6 Å². The lowest BCUT2D eigenvalue weighted by Crippen LogP contribution is -2.60. The number of alkyl carbamates (subject to hydrolysis) is 1. The van der Waals surface area contributed by atoms with Crippen LogP contribution < -0.4 is 24.8 Å². The van der Waals surface area contributed by atoms with E-state index in [0.717, 1.165) is 10.3 Å². The summed E-state index contributed by atoms with van der Waals surface area (Å²) in [7, 11) is -2.94. The summed E-state index contributed by atoms with van der Waals surface area (Å²) in [5.74, 6) is -3.34. The van der Waals surface area contributed by atoms with Crippen molar-refractivity contribution in [2.75, 3.05) is 20.3 Å². The Morgan fingerprint density at radius 2 is 1.83 bits per heavy atom. The van der Waals surface area contributed by atoms with Crippen LogP contribution in [0.4, 0.5) is 22.4 Å². The quantitative estimate of drug-likeness (QED) is 0.233. The average molecular weight is 840 g/mol. The van der Waals surface area contributed by atoms with Gasteiger partial charge in [0.1, 0.15) is 40.9 Å². The SMILES string of the molecule is COc1ccc2c(OC3CC4C(=O)NC5(C(=O)NS(=O)(=O)C6(CF)CC6)CC5C=CCCC(C)CC(C)C(NC(=O)OC(C)(C)C(F)(F)F)C(=O)N4C3)nccc2c1. The van der Waals surface area contributed by atoms with Crippen molar-refractivity contribution < 1.29 is 59.4 Å². The molecule has 0 spiro atoms. The lowest BCUT2D eigenvalue weighted by molar-refractivity contribution is -0.244. The van der Waals surface area contributed by atoms with E-state index in [9.17, 15) is 45.2 Å². The van der Waals surface area contributed by atoms with E-state index in [0.29, 0.717) is 44.2 Å². The van der Waals surface area contributed by atoms with E-state index in [1.165, 1.54) is 13.3 Å². The lowest BCUT2D eigenvalue weighted by Gasteiger charge is -2.34. The molecule has 19 heteroatoms. The third kappa shape index (κ3) is 8.54. The van der Waals surface area contributed by atoms with Crippen LogP contribution in [0.3, 0.4) is 0 Å². The predicted molar refractivity (Wildman–Crippen MR) is 202 cm³/mol. The molecule has 4 aliphatic rings. The predicted octanol–water partition coefficient (Wildman–Crippen LogP) is 4.86. The highest BCUT2D eigenvalue weighted by Gasteiger charge is 2.64. The highest BCUT2D eigenvalue weighted by molar-refractivity contribution is 7.91. The minimum atomic E-state index is -4.93. The number of amides is 4. The number of hydrogen-bond acceptors (Lipinski definition) is 10. The number of pyridine rings is 1. The first-order valence-electron chi connectivity index (χ1n) is 19.2. The van der Waals surface area contributed by atoms with Crippen molar-refractivity contribution in [1.29, 1.82) is 0 Å². The normalized spacial score (nSPS) is 28.9. The fourth-order valence-corrected chi connectivity index (χ4v) is 9.13.